The fourth-order valence-electron chi connectivity index (χ4n) is 2.55. The van der Waals surface area contributed by atoms with Crippen molar-refractivity contribution in [2.75, 3.05) is 13.6 Å². The minimum Gasteiger partial charge on any atom is -0.354 e. The summed E-state index contributed by atoms with van der Waals surface area (Å²) in [6.07, 6.45) is 3.53. The maximum Gasteiger partial charge on any atom is 0.241 e. The quantitative estimate of drug-likeness (QED) is 0.821. The molecule has 0 aliphatic heterocycles. The molecular weight excluding hydrogens is 347 g/mol. The van der Waals surface area contributed by atoms with Gasteiger partial charge in [0, 0.05) is 35.8 Å². The second-order valence-electron chi connectivity index (χ2n) is 6.25. The minimum atomic E-state index is -0.425. The van der Waals surface area contributed by atoms with Crippen molar-refractivity contribution in [1.29, 1.82) is 0 Å². The van der Waals surface area contributed by atoms with Crippen LogP contribution in [0.2, 0.25) is 5.02 Å². The Balaban J connectivity index is 0.00000288. The van der Waals surface area contributed by atoms with Crippen molar-refractivity contribution < 1.29 is 4.79 Å². The zero-order chi connectivity index (χ0) is 17.0. The molecule has 0 fully saturated rings. The molecule has 1 heterocycles. The summed E-state index contributed by atoms with van der Waals surface area (Å²) in [6.45, 7) is 4.62. The van der Waals surface area contributed by atoms with Gasteiger partial charge >= 0.3 is 0 Å². The van der Waals surface area contributed by atoms with Gasteiger partial charge in [0.25, 0.3) is 0 Å². The fraction of sp³-hybridized carbons (Fsp3) is 0.412. The lowest BCUT2D eigenvalue weighted by Gasteiger charge is -2.27. The van der Waals surface area contributed by atoms with Gasteiger partial charge in [0.15, 0.2) is 0 Å². The first kappa shape index (κ1) is 20.5. The molecule has 24 heavy (non-hydrogen) atoms. The molecule has 1 unspecified atom stereocenters. The number of aryl methyl sites for hydroxylation is 1. The summed E-state index contributed by atoms with van der Waals surface area (Å²) in [5, 5.41) is 10.9. The van der Waals surface area contributed by atoms with E-state index in [4.69, 9.17) is 11.6 Å². The second kappa shape index (κ2) is 8.51. The Labute approximate surface area is 154 Å². The third-order valence-electron chi connectivity index (χ3n) is 3.92. The van der Waals surface area contributed by atoms with Crippen LogP contribution in [-0.4, -0.2) is 29.3 Å². The molecule has 5 nitrogen and oxygen atoms in total. The van der Waals surface area contributed by atoms with E-state index in [2.05, 4.69) is 29.6 Å². The van der Waals surface area contributed by atoms with Gasteiger partial charge in [0.2, 0.25) is 5.91 Å². The van der Waals surface area contributed by atoms with Gasteiger partial charge < -0.3 is 10.6 Å². The summed E-state index contributed by atoms with van der Waals surface area (Å²) in [5.74, 6) is -0.0828. The number of aromatic nitrogens is 2. The summed E-state index contributed by atoms with van der Waals surface area (Å²) < 4.78 is 1.68. The van der Waals surface area contributed by atoms with Gasteiger partial charge in [-0.15, -0.1) is 12.4 Å². The van der Waals surface area contributed by atoms with Gasteiger partial charge in [-0.3, -0.25) is 9.48 Å². The molecule has 7 heteroatoms. The number of amides is 1. The van der Waals surface area contributed by atoms with Crippen molar-refractivity contribution in [1.82, 2.24) is 20.4 Å². The van der Waals surface area contributed by atoms with Crippen LogP contribution < -0.4 is 10.6 Å². The van der Waals surface area contributed by atoms with Crippen LogP contribution in [0.5, 0.6) is 0 Å². The largest absolute Gasteiger partial charge is 0.354 e. The second-order valence-corrected chi connectivity index (χ2v) is 6.66. The van der Waals surface area contributed by atoms with E-state index < -0.39 is 6.04 Å². The Morgan fingerprint density at radius 2 is 2.04 bits per heavy atom. The molecule has 2 rings (SSSR count). The number of nitrogens with zero attached hydrogens (tertiary/aromatic N) is 2. The third-order valence-corrected chi connectivity index (χ3v) is 4.25. The van der Waals surface area contributed by atoms with Crippen molar-refractivity contribution >= 4 is 29.9 Å². The molecule has 0 aliphatic carbocycles. The van der Waals surface area contributed by atoms with Gasteiger partial charge in [-0.25, -0.2) is 0 Å². The summed E-state index contributed by atoms with van der Waals surface area (Å²) >= 11 is 6.28. The van der Waals surface area contributed by atoms with Crippen LogP contribution in [-0.2, 0) is 17.3 Å². The Morgan fingerprint density at radius 1 is 1.38 bits per heavy atom. The monoisotopic (exact) mass is 370 g/mol. The highest BCUT2D eigenvalue weighted by atomic mass is 35.5. The number of rotatable bonds is 6. The number of likely N-dealkylation sites (N-methyl/N-ethyl adjacent to an activating group) is 1. The molecule has 1 amide bonds. The van der Waals surface area contributed by atoms with E-state index in [9.17, 15) is 4.79 Å². The molecule has 0 spiro atoms. The van der Waals surface area contributed by atoms with Gasteiger partial charge in [-0.1, -0.05) is 43.6 Å². The van der Waals surface area contributed by atoms with E-state index in [0.717, 1.165) is 11.1 Å². The number of hydrogen-bond acceptors (Lipinski definition) is 3. The molecule has 0 radical (unpaired) electrons. The Kier molecular flexibility index (Phi) is 7.27. The van der Waals surface area contributed by atoms with Crippen molar-refractivity contribution in [3.05, 3.63) is 52.8 Å². The van der Waals surface area contributed by atoms with E-state index in [1.54, 1.807) is 17.9 Å². The number of benzene rings is 1. The Morgan fingerprint density at radius 3 is 2.58 bits per heavy atom. The predicted octanol–water partition coefficient (Wildman–Crippen LogP) is 2.85. The zero-order valence-electron chi connectivity index (χ0n) is 14.3. The standard InChI is InChI=1S/C17H23ClN4O.ClH/c1-17(2,13-7-5-6-8-14(13)18)11-20-16(23)15(19-3)12-9-21-22(4)10-12;/h5-10,15,19H,11H2,1-4H3,(H,20,23);1H. The van der Waals surface area contributed by atoms with Crippen LogP contribution in [0.25, 0.3) is 0 Å². The molecule has 0 saturated carbocycles. The van der Waals surface area contributed by atoms with Crippen LogP contribution >= 0.6 is 24.0 Å². The normalized spacial score (nSPS) is 12.4. The maximum atomic E-state index is 12.5. The number of carbonyl (C=O) groups is 1. The number of halogens is 2. The first-order valence-electron chi connectivity index (χ1n) is 7.53. The van der Waals surface area contributed by atoms with Crippen LogP contribution in [0, 0.1) is 0 Å². The van der Waals surface area contributed by atoms with Crippen LogP contribution in [0.3, 0.4) is 0 Å². The first-order valence-corrected chi connectivity index (χ1v) is 7.91. The topological polar surface area (TPSA) is 59.0 Å². The predicted molar refractivity (Wildman–Crippen MR) is 99.7 cm³/mol. The lowest BCUT2D eigenvalue weighted by Crippen LogP contribution is -2.42. The van der Waals surface area contributed by atoms with E-state index in [-0.39, 0.29) is 23.7 Å². The molecule has 0 saturated heterocycles. The highest BCUT2D eigenvalue weighted by molar-refractivity contribution is 6.31. The van der Waals surface area contributed by atoms with E-state index >= 15 is 0 Å². The lowest BCUT2D eigenvalue weighted by atomic mass is 9.84. The Bertz CT molecular complexity index is 685. The zero-order valence-corrected chi connectivity index (χ0v) is 15.9. The smallest absolute Gasteiger partial charge is 0.241 e. The van der Waals surface area contributed by atoms with E-state index in [1.807, 2.05) is 37.5 Å². The van der Waals surface area contributed by atoms with E-state index in [1.165, 1.54) is 0 Å². The summed E-state index contributed by atoms with van der Waals surface area (Å²) in [5.41, 5.74) is 1.59. The molecule has 2 aromatic rings. The highest BCUT2D eigenvalue weighted by Gasteiger charge is 2.26. The maximum absolute atomic E-state index is 12.5. The van der Waals surface area contributed by atoms with Gasteiger partial charge in [-0.05, 0) is 18.7 Å². The molecule has 2 N–H and O–H groups in total. The molecule has 0 aliphatic rings. The van der Waals surface area contributed by atoms with Crippen molar-refractivity contribution in [2.45, 2.75) is 25.3 Å². The lowest BCUT2D eigenvalue weighted by molar-refractivity contribution is -0.123. The minimum absolute atomic E-state index is 0. The molecule has 1 aromatic heterocycles. The molecular formula is C17H24Cl2N4O. The summed E-state index contributed by atoms with van der Waals surface area (Å²) in [7, 11) is 3.59. The summed E-state index contributed by atoms with van der Waals surface area (Å²) in [6, 6.07) is 7.29. The number of carbonyl (C=O) groups excluding carboxylic acids is 1. The average Bonchev–Trinajstić information content (AvgIpc) is 2.92. The first-order chi connectivity index (χ1) is 10.8. The molecule has 0 bridgehead atoms. The van der Waals surface area contributed by atoms with Crippen LogP contribution in [0.1, 0.15) is 31.0 Å². The Hall–Kier alpha value is -1.56. The van der Waals surface area contributed by atoms with Gasteiger partial charge in [0.05, 0.1) is 6.20 Å². The molecule has 132 valence electrons. The molecule has 1 aromatic carbocycles. The number of nitrogens with one attached hydrogen (secondary N) is 2. The highest BCUT2D eigenvalue weighted by Crippen LogP contribution is 2.29. The number of hydrogen-bond donors (Lipinski definition) is 2. The SMILES string of the molecule is CNC(C(=O)NCC(C)(C)c1ccccc1Cl)c1cnn(C)c1.Cl. The fourth-order valence-corrected chi connectivity index (χ4v) is 2.95. The third kappa shape index (κ3) is 4.72. The van der Waals surface area contributed by atoms with Gasteiger partial charge in [-0.2, -0.15) is 5.10 Å². The van der Waals surface area contributed by atoms with Crippen molar-refractivity contribution in [2.24, 2.45) is 7.05 Å². The van der Waals surface area contributed by atoms with Crippen LogP contribution in [0.15, 0.2) is 36.7 Å². The summed E-state index contributed by atoms with van der Waals surface area (Å²) in [4.78, 5) is 12.5. The van der Waals surface area contributed by atoms with Crippen LogP contribution in [0.4, 0.5) is 0 Å². The van der Waals surface area contributed by atoms with Crippen molar-refractivity contribution in [3.63, 3.8) is 0 Å². The van der Waals surface area contributed by atoms with Crippen molar-refractivity contribution in [3.8, 4) is 0 Å². The average molecular weight is 371 g/mol. The van der Waals surface area contributed by atoms with E-state index in [0.29, 0.717) is 11.6 Å². The molecule has 1 atom stereocenters. The van der Waals surface area contributed by atoms with Gasteiger partial charge in [0.1, 0.15) is 6.04 Å².